The van der Waals surface area contributed by atoms with E-state index in [1.54, 1.807) is 6.07 Å². The van der Waals surface area contributed by atoms with E-state index in [1.165, 1.54) is 36.8 Å². The summed E-state index contributed by atoms with van der Waals surface area (Å²) in [6.45, 7) is 2.22. The first-order chi connectivity index (χ1) is 7.81. The van der Waals surface area contributed by atoms with Crippen molar-refractivity contribution in [2.75, 3.05) is 0 Å². The first kappa shape index (κ1) is 11.4. The molecule has 0 saturated heterocycles. The zero-order chi connectivity index (χ0) is 11.4. The van der Waals surface area contributed by atoms with Crippen LogP contribution in [0.5, 0.6) is 0 Å². The highest BCUT2D eigenvalue weighted by Gasteiger charge is 2.13. The molecule has 0 aromatic heterocycles. The molecule has 0 radical (unpaired) electrons. The van der Waals surface area contributed by atoms with Crippen molar-refractivity contribution in [1.29, 1.82) is 0 Å². The van der Waals surface area contributed by atoms with Crippen LogP contribution in [0, 0.1) is 5.82 Å². The number of unbranched alkanes of at least 4 members (excludes halogenated alkanes) is 2. The van der Waals surface area contributed by atoms with Gasteiger partial charge in [-0.25, -0.2) is 4.39 Å². The lowest BCUT2D eigenvalue weighted by molar-refractivity contribution is 0.608. The third-order valence-electron chi connectivity index (χ3n) is 3.33. The Morgan fingerprint density at radius 3 is 2.94 bits per heavy atom. The minimum absolute atomic E-state index is 0.0404. The molecule has 86 valence electrons. The second-order valence-corrected chi connectivity index (χ2v) is 4.58. The molecule has 0 fully saturated rings. The van der Waals surface area contributed by atoms with Crippen molar-refractivity contribution < 1.29 is 4.39 Å². The van der Waals surface area contributed by atoms with E-state index in [-0.39, 0.29) is 5.82 Å². The third kappa shape index (κ3) is 2.52. The molecule has 0 bridgehead atoms. The molecule has 0 spiro atoms. The van der Waals surface area contributed by atoms with Crippen molar-refractivity contribution in [2.24, 2.45) is 0 Å². The average molecular weight is 218 g/mol. The van der Waals surface area contributed by atoms with E-state index < -0.39 is 0 Å². The van der Waals surface area contributed by atoms with Gasteiger partial charge in [-0.15, -0.1) is 0 Å². The van der Waals surface area contributed by atoms with E-state index in [4.69, 9.17) is 0 Å². The van der Waals surface area contributed by atoms with Gasteiger partial charge in [0.2, 0.25) is 0 Å². The van der Waals surface area contributed by atoms with Crippen LogP contribution in [-0.2, 0) is 12.8 Å². The van der Waals surface area contributed by atoms with Gasteiger partial charge in [0.15, 0.2) is 0 Å². The molecule has 1 aromatic rings. The molecule has 0 heterocycles. The summed E-state index contributed by atoms with van der Waals surface area (Å²) >= 11 is 0. The van der Waals surface area contributed by atoms with Crippen LogP contribution in [0.1, 0.15) is 43.7 Å². The quantitative estimate of drug-likeness (QED) is 0.518. The lowest BCUT2D eigenvalue weighted by Crippen LogP contribution is -2.05. The van der Waals surface area contributed by atoms with Crippen LogP contribution in [0.25, 0.3) is 0 Å². The van der Waals surface area contributed by atoms with E-state index in [0.717, 1.165) is 18.4 Å². The normalized spacial score (nSPS) is 14.5. The zero-order valence-electron chi connectivity index (χ0n) is 9.93. The molecule has 0 nitrogen and oxygen atoms in total. The van der Waals surface area contributed by atoms with Gasteiger partial charge in [0, 0.05) is 0 Å². The summed E-state index contributed by atoms with van der Waals surface area (Å²) in [7, 11) is 0. The molecule has 1 aliphatic carbocycles. The Labute approximate surface area is 97.2 Å². The van der Waals surface area contributed by atoms with E-state index in [1.807, 2.05) is 6.07 Å². The fourth-order valence-corrected chi connectivity index (χ4v) is 2.35. The Bertz CT molecular complexity index is 390. The van der Waals surface area contributed by atoms with Gasteiger partial charge in [-0.1, -0.05) is 43.5 Å². The monoisotopic (exact) mass is 218 g/mol. The molecule has 0 N–H and O–H groups in total. The van der Waals surface area contributed by atoms with E-state index in [0.29, 0.717) is 0 Å². The maximum Gasteiger partial charge on any atom is 0.126 e. The highest BCUT2D eigenvalue weighted by atomic mass is 19.1. The Kier molecular flexibility index (Phi) is 3.76. The first-order valence-electron chi connectivity index (χ1n) is 6.25. The van der Waals surface area contributed by atoms with Gasteiger partial charge >= 0.3 is 0 Å². The topological polar surface area (TPSA) is 0 Å². The van der Waals surface area contributed by atoms with Crippen molar-refractivity contribution in [3.8, 4) is 0 Å². The number of fused-ring (bicyclic) bond motifs is 1. The molecule has 0 unspecified atom stereocenters. The Morgan fingerprint density at radius 1 is 1.25 bits per heavy atom. The second kappa shape index (κ2) is 5.29. The van der Waals surface area contributed by atoms with Gasteiger partial charge in [-0.05, 0) is 42.9 Å². The molecular weight excluding hydrogens is 199 g/mol. The highest BCUT2D eigenvalue weighted by Crippen LogP contribution is 2.25. The lowest BCUT2D eigenvalue weighted by Gasteiger charge is -2.17. The van der Waals surface area contributed by atoms with Crippen molar-refractivity contribution in [2.45, 2.75) is 45.4 Å². The number of halogens is 1. The molecule has 1 aromatic carbocycles. The van der Waals surface area contributed by atoms with Crippen LogP contribution in [0.15, 0.2) is 29.8 Å². The van der Waals surface area contributed by atoms with Crippen molar-refractivity contribution >= 4 is 0 Å². The maximum atomic E-state index is 13.5. The zero-order valence-corrected chi connectivity index (χ0v) is 9.93. The highest BCUT2D eigenvalue weighted by molar-refractivity contribution is 5.37. The summed E-state index contributed by atoms with van der Waals surface area (Å²) in [6, 6.07) is 5.45. The van der Waals surface area contributed by atoms with Crippen LogP contribution in [-0.4, -0.2) is 0 Å². The fourth-order valence-electron chi connectivity index (χ4n) is 2.35. The summed E-state index contributed by atoms with van der Waals surface area (Å²) < 4.78 is 13.5. The van der Waals surface area contributed by atoms with Crippen LogP contribution >= 0.6 is 0 Å². The lowest BCUT2D eigenvalue weighted by atomic mass is 9.89. The Morgan fingerprint density at radius 2 is 2.12 bits per heavy atom. The van der Waals surface area contributed by atoms with Crippen molar-refractivity contribution in [3.05, 3.63) is 46.8 Å². The van der Waals surface area contributed by atoms with Crippen molar-refractivity contribution in [3.63, 3.8) is 0 Å². The van der Waals surface area contributed by atoms with Crippen LogP contribution in [0.3, 0.4) is 0 Å². The average Bonchev–Trinajstić information content (AvgIpc) is 2.30. The van der Waals surface area contributed by atoms with Gasteiger partial charge in [-0.3, -0.25) is 0 Å². The summed E-state index contributed by atoms with van der Waals surface area (Å²) in [5, 5.41) is 0. The molecule has 2 rings (SSSR count). The maximum absolute atomic E-state index is 13.5. The Hall–Kier alpha value is -1.11. The van der Waals surface area contributed by atoms with Crippen LogP contribution in [0.2, 0.25) is 0 Å². The second-order valence-electron chi connectivity index (χ2n) is 4.58. The minimum atomic E-state index is -0.0404. The number of hydrogen-bond acceptors (Lipinski definition) is 0. The SMILES string of the molecule is CCCCCC1=CCc2c(F)cccc2C1. The molecular formula is C15H19F. The largest absolute Gasteiger partial charge is 0.207 e. The van der Waals surface area contributed by atoms with Gasteiger partial charge in [-0.2, -0.15) is 0 Å². The molecule has 0 amide bonds. The van der Waals surface area contributed by atoms with Gasteiger partial charge in [0.05, 0.1) is 0 Å². The predicted molar refractivity (Wildman–Crippen MR) is 66.0 cm³/mol. The first-order valence-corrected chi connectivity index (χ1v) is 6.25. The molecule has 0 saturated carbocycles. The van der Waals surface area contributed by atoms with Crippen LogP contribution < -0.4 is 0 Å². The summed E-state index contributed by atoms with van der Waals surface area (Å²) in [4.78, 5) is 0. The van der Waals surface area contributed by atoms with Gasteiger partial charge in [0.1, 0.15) is 5.82 Å². The summed E-state index contributed by atoms with van der Waals surface area (Å²) in [5.74, 6) is -0.0404. The molecule has 0 atom stereocenters. The standard InChI is InChI=1S/C15H19F/c1-2-3-4-6-12-9-10-14-13(11-12)7-5-8-15(14)16/h5,7-9H,2-4,6,10-11H2,1H3. The number of benzene rings is 1. The van der Waals surface area contributed by atoms with Crippen LogP contribution in [0.4, 0.5) is 4.39 Å². The van der Waals surface area contributed by atoms with E-state index in [9.17, 15) is 4.39 Å². The number of allylic oxidation sites excluding steroid dienone is 2. The molecule has 16 heavy (non-hydrogen) atoms. The minimum Gasteiger partial charge on any atom is -0.207 e. The summed E-state index contributed by atoms with van der Waals surface area (Å²) in [6.07, 6.45) is 8.98. The van der Waals surface area contributed by atoms with Crippen molar-refractivity contribution in [1.82, 2.24) is 0 Å². The molecule has 0 aliphatic heterocycles. The third-order valence-corrected chi connectivity index (χ3v) is 3.33. The van der Waals surface area contributed by atoms with Gasteiger partial charge < -0.3 is 0 Å². The van der Waals surface area contributed by atoms with E-state index >= 15 is 0 Å². The summed E-state index contributed by atoms with van der Waals surface area (Å²) in [5.41, 5.74) is 3.59. The number of rotatable bonds is 4. The fraction of sp³-hybridized carbons (Fsp3) is 0.467. The molecule has 1 heteroatoms. The number of hydrogen-bond donors (Lipinski definition) is 0. The molecule has 1 aliphatic rings. The van der Waals surface area contributed by atoms with E-state index in [2.05, 4.69) is 19.1 Å². The predicted octanol–water partition coefficient (Wildman–Crippen LogP) is 4.43. The van der Waals surface area contributed by atoms with Gasteiger partial charge in [0.25, 0.3) is 0 Å². The Balaban J connectivity index is 2.01. The smallest absolute Gasteiger partial charge is 0.126 e.